The maximum absolute atomic E-state index is 14.2. The zero-order valence-corrected chi connectivity index (χ0v) is 35.9. The first-order valence-electron chi connectivity index (χ1n) is 20.2. The summed E-state index contributed by atoms with van der Waals surface area (Å²) in [5.41, 5.74) is 0.639. The predicted molar refractivity (Wildman–Crippen MR) is 234 cm³/mol. The van der Waals surface area contributed by atoms with E-state index in [-0.39, 0.29) is 37.2 Å². The van der Waals surface area contributed by atoms with E-state index in [1.54, 1.807) is 31.5 Å². The molecule has 1 aliphatic rings. The Morgan fingerprint density at radius 2 is 1.75 bits per heavy atom. The highest BCUT2D eigenvalue weighted by molar-refractivity contribution is 7.98. The lowest BCUT2D eigenvalue weighted by atomic mass is 10.0. The second kappa shape index (κ2) is 22.0. The highest BCUT2D eigenvalue weighted by Crippen LogP contribution is 2.30. The third kappa shape index (κ3) is 12.5. The highest BCUT2D eigenvalue weighted by Gasteiger charge is 2.37. The summed E-state index contributed by atoms with van der Waals surface area (Å²) in [6.45, 7) is 3.76. The number of carbonyl (C=O) groups is 5. The van der Waals surface area contributed by atoms with Crippen LogP contribution in [0.1, 0.15) is 44.0 Å². The molecule has 0 radical (unpaired) electrons. The third-order valence-electron chi connectivity index (χ3n) is 10.6. The topological polar surface area (TPSA) is 289 Å². The second-order valence-electron chi connectivity index (χ2n) is 15.0. The van der Waals surface area contributed by atoms with Crippen LogP contribution >= 0.6 is 11.8 Å². The molecule has 0 bridgehead atoms. The van der Waals surface area contributed by atoms with Crippen molar-refractivity contribution in [3.05, 3.63) is 111 Å². The number of aromatic hydroxyl groups is 1. The number of para-hydroxylation sites is 1. The molecule has 0 saturated carbocycles. The van der Waals surface area contributed by atoms with Gasteiger partial charge in [0.1, 0.15) is 35.7 Å². The second-order valence-corrected chi connectivity index (χ2v) is 16.0. The molecule has 2 aromatic heterocycles. The van der Waals surface area contributed by atoms with Gasteiger partial charge in [-0.2, -0.15) is 11.8 Å². The highest BCUT2D eigenvalue weighted by atomic mass is 32.2. The summed E-state index contributed by atoms with van der Waals surface area (Å²) < 4.78 is 6.73. The minimum atomic E-state index is -1.48. The Kier molecular flexibility index (Phi) is 16.6. The number of amides is 5. The van der Waals surface area contributed by atoms with Gasteiger partial charge in [0.15, 0.2) is 0 Å². The Morgan fingerprint density at radius 3 is 2.44 bits per heavy atom. The number of aromatic amines is 2. The van der Waals surface area contributed by atoms with E-state index >= 15 is 0 Å². The summed E-state index contributed by atoms with van der Waals surface area (Å²) in [6.07, 6.45) is 3.33. The molecule has 5 rings (SSSR count). The number of H-pyrrole nitrogens is 2. The standard InChI is InChI=1S/C42H53N9O11S/c1-5-43-31(18-24-9-8-10-26(52)17-24)38(57)50(3)23(2)35(37(56)45-22-27-20-33(53)39(62-27)51-15-13-34(54)48-42(51)61)49-36(55)30(14-16-63-4)46-41(60)47-32(40(58)59)19-25-21-44-29-12-7-6-11-28(25)29/h6-13,15,17,21-23,30-33,35,39,43-44,52-53H,5,14,16,18-20H2,1-4H3,(H,45,56)(H,49,55)(H,58,59)(H2,46,47,60)(H,48,54,61)/b27-22+/t23?,30?,31?,32?,33-,35?,39-/m1/s1. The maximum Gasteiger partial charge on any atom is 0.331 e. The van der Waals surface area contributed by atoms with Crippen LogP contribution in [0.2, 0.25) is 0 Å². The minimum absolute atomic E-state index is 0.0208. The summed E-state index contributed by atoms with van der Waals surface area (Å²) >= 11 is 1.38. The van der Waals surface area contributed by atoms with E-state index in [4.69, 9.17) is 4.74 Å². The van der Waals surface area contributed by atoms with Crippen molar-refractivity contribution in [3.63, 3.8) is 0 Å². The fourth-order valence-corrected chi connectivity index (χ4v) is 7.59. The van der Waals surface area contributed by atoms with E-state index in [2.05, 4.69) is 36.6 Å². The Balaban J connectivity index is 1.37. The summed E-state index contributed by atoms with van der Waals surface area (Å²) in [5, 5.41) is 45.0. The fourth-order valence-electron chi connectivity index (χ4n) is 7.12. The van der Waals surface area contributed by atoms with E-state index < -0.39 is 83.5 Å². The average molecular weight is 892 g/mol. The van der Waals surface area contributed by atoms with Gasteiger partial charge in [0.2, 0.25) is 23.9 Å². The monoisotopic (exact) mass is 891 g/mol. The fraction of sp³-hybridized carbons (Fsp3) is 0.405. The Labute approximate surface area is 365 Å². The lowest BCUT2D eigenvalue weighted by molar-refractivity contribution is -0.139. The molecule has 1 fully saturated rings. The van der Waals surface area contributed by atoms with Gasteiger partial charge in [0.25, 0.3) is 5.56 Å². The van der Waals surface area contributed by atoms with Gasteiger partial charge in [-0.05, 0) is 67.6 Å². The smallest absolute Gasteiger partial charge is 0.331 e. The molecule has 20 nitrogen and oxygen atoms in total. The van der Waals surface area contributed by atoms with Crippen molar-refractivity contribution in [1.29, 1.82) is 0 Å². The van der Waals surface area contributed by atoms with Crippen molar-refractivity contribution >= 4 is 52.4 Å². The molecule has 5 amide bonds. The van der Waals surface area contributed by atoms with Crippen molar-refractivity contribution in [2.75, 3.05) is 25.6 Å². The van der Waals surface area contributed by atoms with Crippen molar-refractivity contribution in [2.24, 2.45) is 0 Å². The number of aliphatic carboxylic acids is 1. The first-order valence-corrected chi connectivity index (χ1v) is 21.6. The van der Waals surface area contributed by atoms with Crippen molar-refractivity contribution in [1.82, 2.24) is 46.0 Å². The van der Waals surface area contributed by atoms with Crippen LogP contribution in [-0.2, 0) is 36.8 Å². The number of aliphatic hydroxyl groups excluding tert-OH is 1. The first kappa shape index (κ1) is 47.5. The SMILES string of the molecule is CCNC(Cc1cccc(O)c1)C(=O)N(C)C(C)C(NC(=O)C(CCSC)NC(=O)NC(Cc1c[nH]c2ccccc12)C(=O)O)C(=O)N/C=C1\C[C@@H](O)[C@H](n2ccc(=O)[nH]c2=O)O1. The normalized spacial score (nSPS) is 17.8. The molecule has 2 aromatic carbocycles. The number of likely N-dealkylation sites (N-methyl/N-ethyl adjacent to an activating group) is 2. The minimum Gasteiger partial charge on any atom is -0.508 e. The molecular formula is C42H53N9O11S. The molecule has 1 aliphatic heterocycles. The largest absolute Gasteiger partial charge is 0.508 e. The molecule has 1 saturated heterocycles. The Hall–Kier alpha value is -6.58. The van der Waals surface area contributed by atoms with Gasteiger partial charge in [-0.25, -0.2) is 14.4 Å². The van der Waals surface area contributed by atoms with E-state index in [9.17, 15) is 48.9 Å². The number of thioether (sulfide) groups is 1. The Morgan fingerprint density at radius 1 is 1.00 bits per heavy atom. The average Bonchev–Trinajstić information content (AvgIpc) is 3.84. The van der Waals surface area contributed by atoms with E-state index in [0.29, 0.717) is 23.4 Å². The number of urea groups is 1. The van der Waals surface area contributed by atoms with Crippen LogP contribution < -0.4 is 37.8 Å². The van der Waals surface area contributed by atoms with Crippen molar-refractivity contribution < 1.29 is 44.0 Å². The molecule has 10 N–H and O–H groups in total. The van der Waals surface area contributed by atoms with Gasteiger partial charge in [0, 0.05) is 55.5 Å². The van der Waals surface area contributed by atoms with Crippen LogP contribution in [0.5, 0.6) is 5.75 Å². The van der Waals surface area contributed by atoms with Gasteiger partial charge in [0.05, 0.1) is 12.1 Å². The van der Waals surface area contributed by atoms with E-state index in [1.807, 2.05) is 31.2 Å². The number of rotatable bonds is 20. The first-order chi connectivity index (χ1) is 30.1. The number of phenols is 1. The summed E-state index contributed by atoms with van der Waals surface area (Å²) in [4.78, 5) is 98.6. The molecule has 63 heavy (non-hydrogen) atoms. The molecule has 7 atom stereocenters. The predicted octanol–water partition coefficient (Wildman–Crippen LogP) is 0.630. The molecule has 3 heterocycles. The van der Waals surface area contributed by atoms with Crippen LogP contribution in [0.4, 0.5) is 4.79 Å². The number of hydrogen-bond acceptors (Lipinski definition) is 12. The number of carboxylic acid groups (broad SMARTS) is 1. The van der Waals surface area contributed by atoms with Crippen molar-refractivity contribution in [3.8, 4) is 5.75 Å². The van der Waals surface area contributed by atoms with Gasteiger partial charge in [-0.1, -0.05) is 37.3 Å². The Bertz CT molecular complexity index is 2420. The molecule has 338 valence electrons. The van der Waals surface area contributed by atoms with Gasteiger partial charge in [-0.3, -0.25) is 28.7 Å². The summed E-state index contributed by atoms with van der Waals surface area (Å²) in [5.74, 6) is -2.92. The number of aromatic nitrogens is 3. The molecule has 5 unspecified atom stereocenters. The molecule has 0 aliphatic carbocycles. The van der Waals surface area contributed by atoms with Crippen LogP contribution in [0, 0.1) is 0 Å². The number of carbonyl (C=O) groups excluding carboxylic acids is 4. The maximum atomic E-state index is 14.2. The van der Waals surface area contributed by atoms with Crippen LogP contribution in [0.25, 0.3) is 10.9 Å². The molecule has 0 spiro atoms. The number of carboxylic acids is 1. The van der Waals surface area contributed by atoms with E-state index in [1.165, 1.54) is 35.8 Å². The van der Waals surface area contributed by atoms with Gasteiger partial charge >= 0.3 is 17.7 Å². The number of nitrogens with zero attached hydrogens (tertiary/aromatic N) is 2. The number of hydrogen-bond donors (Lipinski definition) is 10. The molecule has 4 aromatic rings. The number of fused-ring (bicyclic) bond motifs is 1. The van der Waals surface area contributed by atoms with Crippen molar-refractivity contribution in [2.45, 2.75) is 82.1 Å². The number of ether oxygens (including phenoxy) is 1. The van der Waals surface area contributed by atoms with Crippen LogP contribution in [0.3, 0.4) is 0 Å². The lowest BCUT2D eigenvalue weighted by Crippen LogP contribution is -2.62. The number of phenolic OH excluding ortho intramolecular Hbond substituents is 1. The number of nitrogens with one attached hydrogen (secondary N) is 7. The van der Waals surface area contributed by atoms with E-state index in [0.717, 1.165) is 33.9 Å². The summed E-state index contributed by atoms with van der Waals surface area (Å²) in [6, 6.07) is 7.90. The quantitative estimate of drug-likeness (QED) is 0.0584. The molecular weight excluding hydrogens is 839 g/mol. The third-order valence-corrected chi connectivity index (χ3v) is 11.2. The lowest BCUT2D eigenvalue weighted by Gasteiger charge is -2.34. The zero-order chi connectivity index (χ0) is 45.8. The summed E-state index contributed by atoms with van der Waals surface area (Å²) in [7, 11) is 1.46. The number of benzene rings is 2. The van der Waals surface area contributed by atoms with Crippen LogP contribution in [-0.4, -0.2) is 126 Å². The zero-order valence-electron chi connectivity index (χ0n) is 35.1. The molecule has 21 heteroatoms. The number of aliphatic hydroxyl groups is 1. The van der Waals surface area contributed by atoms with Crippen LogP contribution in [0.15, 0.2) is 88.5 Å². The van der Waals surface area contributed by atoms with Gasteiger partial charge in [-0.15, -0.1) is 0 Å². The van der Waals surface area contributed by atoms with Gasteiger partial charge < -0.3 is 56.5 Å².